The molecule has 0 aromatic carbocycles. The van der Waals surface area contributed by atoms with Crippen molar-refractivity contribution in [1.82, 2.24) is 20.8 Å². The van der Waals surface area contributed by atoms with Crippen molar-refractivity contribution < 1.29 is 8.94 Å². The van der Waals surface area contributed by atoms with Crippen LogP contribution in [0.25, 0.3) is 0 Å². The van der Waals surface area contributed by atoms with Crippen molar-refractivity contribution in [3.8, 4) is 0 Å². The second-order valence-electron chi connectivity index (χ2n) is 4.68. The Kier molecular flexibility index (Phi) is 5.59. The van der Waals surface area contributed by atoms with Gasteiger partial charge >= 0.3 is 0 Å². The molecule has 0 saturated heterocycles. The molecule has 2 aromatic heterocycles. The Morgan fingerprint density at radius 1 is 1.38 bits per heavy atom. The number of aromatic nitrogens is 2. The number of halogens is 1. The Labute approximate surface area is 139 Å². The summed E-state index contributed by atoms with van der Waals surface area (Å²) in [4.78, 5) is 8.47. The third kappa shape index (κ3) is 4.45. The summed E-state index contributed by atoms with van der Waals surface area (Å²) in [7, 11) is 1.71. The summed E-state index contributed by atoms with van der Waals surface area (Å²) in [5.74, 6) is 3.39. The van der Waals surface area contributed by atoms with Crippen LogP contribution in [-0.2, 0) is 13.1 Å². The van der Waals surface area contributed by atoms with E-state index in [1.54, 1.807) is 13.3 Å². The summed E-state index contributed by atoms with van der Waals surface area (Å²) in [6, 6.07) is 3.76. The molecule has 21 heavy (non-hydrogen) atoms. The third-order valence-electron chi connectivity index (χ3n) is 3.06. The van der Waals surface area contributed by atoms with Crippen molar-refractivity contribution in [3.05, 3.63) is 35.9 Å². The minimum Gasteiger partial charge on any atom is -0.467 e. The van der Waals surface area contributed by atoms with E-state index >= 15 is 0 Å². The molecule has 1 aliphatic carbocycles. The minimum absolute atomic E-state index is 0. The number of rotatable bonds is 5. The molecule has 114 valence electrons. The smallest absolute Gasteiger partial charge is 0.229 e. The fourth-order valence-corrected chi connectivity index (χ4v) is 1.80. The summed E-state index contributed by atoms with van der Waals surface area (Å²) >= 11 is 0. The van der Waals surface area contributed by atoms with Gasteiger partial charge in [-0.3, -0.25) is 4.99 Å². The SMILES string of the molecule is CN=C(NCc1noc(C2CC2)n1)NCc1ccco1.I. The van der Waals surface area contributed by atoms with Crippen LogP contribution in [0.2, 0.25) is 0 Å². The van der Waals surface area contributed by atoms with Gasteiger partial charge in [-0.25, -0.2) is 0 Å². The normalized spacial score (nSPS) is 14.6. The van der Waals surface area contributed by atoms with Crippen LogP contribution < -0.4 is 10.6 Å². The molecule has 1 aliphatic rings. The molecule has 0 aliphatic heterocycles. The number of nitrogens with zero attached hydrogens (tertiary/aromatic N) is 3. The van der Waals surface area contributed by atoms with E-state index in [-0.39, 0.29) is 24.0 Å². The lowest BCUT2D eigenvalue weighted by molar-refractivity contribution is 0.373. The third-order valence-corrected chi connectivity index (χ3v) is 3.06. The lowest BCUT2D eigenvalue weighted by atomic mass is 10.4. The van der Waals surface area contributed by atoms with Crippen molar-refractivity contribution in [2.24, 2.45) is 4.99 Å². The van der Waals surface area contributed by atoms with Gasteiger partial charge in [-0.2, -0.15) is 4.98 Å². The number of guanidine groups is 1. The predicted octanol–water partition coefficient (Wildman–Crippen LogP) is 2.02. The molecular formula is C13H18IN5O2. The van der Waals surface area contributed by atoms with E-state index in [9.17, 15) is 0 Å². The van der Waals surface area contributed by atoms with Gasteiger partial charge in [-0.1, -0.05) is 5.16 Å². The highest BCUT2D eigenvalue weighted by Crippen LogP contribution is 2.38. The summed E-state index contributed by atoms with van der Waals surface area (Å²) in [6.45, 7) is 1.06. The molecule has 1 saturated carbocycles. The van der Waals surface area contributed by atoms with Gasteiger partial charge in [-0.05, 0) is 25.0 Å². The van der Waals surface area contributed by atoms with Crippen LogP contribution in [0.1, 0.15) is 36.2 Å². The molecule has 0 radical (unpaired) electrons. The summed E-state index contributed by atoms with van der Waals surface area (Å²) in [5.41, 5.74) is 0. The van der Waals surface area contributed by atoms with Gasteiger partial charge in [0, 0.05) is 13.0 Å². The molecular weight excluding hydrogens is 385 g/mol. The molecule has 3 rings (SSSR count). The second-order valence-corrected chi connectivity index (χ2v) is 4.68. The Hall–Kier alpha value is -1.58. The highest BCUT2D eigenvalue weighted by atomic mass is 127. The van der Waals surface area contributed by atoms with Crippen LogP contribution in [-0.4, -0.2) is 23.1 Å². The molecule has 0 atom stereocenters. The van der Waals surface area contributed by atoms with Crippen LogP contribution in [0.5, 0.6) is 0 Å². The lowest BCUT2D eigenvalue weighted by Crippen LogP contribution is -2.36. The average Bonchev–Trinajstić information content (AvgIpc) is 3.01. The summed E-state index contributed by atoms with van der Waals surface area (Å²) in [5, 5.41) is 10.2. The van der Waals surface area contributed by atoms with Crippen LogP contribution in [0.15, 0.2) is 32.3 Å². The van der Waals surface area contributed by atoms with Crippen LogP contribution in [0, 0.1) is 0 Å². The van der Waals surface area contributed by atoms with Gasteiger partial charge in [0.25, 0.3) is 0 Å². The number of hydrogen-bond acceptors (Lipinski definition) is 5. The van der Waals surface area contributed by atoms with Crippen LogP contribution >= 0.6 is 24.0 Å². The van der Waals surface area contributed by atoms with E-state index in [4.69, 9.17) is 8.94 Å². The topological polar surface area (TPSA) is 88.5 Å². The van der Waals surface area contributed by atoms with Gasteiger partial charge in [-0.15, -0.1) is 24.0 Å². The van der Waals surface area contributed by atoms with Crippen LogP contribution in [0.3, 0.4) is 0 Å². The number of aliphatic imine (C=N–C) groups is 1. The first-order chi connectivity index (χ1) is 9.85. The molecule has 7 nitrogen and oxygen atoms in total. The summed E-state index contributed by atoms with van der Waals surface area (Å²) < 4.78 is 10.4. The Morgan fingerprint density at radius 3 is 2.86 bits per heavy atom. The van der Waals surface area contributed by atoms with Gasteiger partial charge in [0.1, 0.15) is 5.76 Å². The van der Waals surface area contributed by atoms with E-state index in [0.29, 0.717) is 30.8 Å². The first-order valence-corrected chi connectivity index (χ1v) is 6.64. The Bertz CT molecular complexity index is 577. The maximum Gasteiger partial charge on any atom is 0.229 e. The van der Waals surface area contributed by atoms with E-state index < -0.39 is 0 Å². The zero-order valence-corrected chi connectivity index (χ0v) is 14.0. The van der Waals surface area contributed by atoms with Gasteiger partial charge < -0.3 is 19.6 Å². The van der Waals surface area contributed by atoms with Crippen molar-refractivity contribution in [2.45, 2.75) is 31.8 Å². The van der Waals surface area contributed by atoms with Crippen molar-refractivity contribution in [1.29, 1.82) is 0 Å². The van der Waals surface area contributed by atoms with Crippen LogP contribution in [0.4, 0.5) is 0 Å². The molecule has 0 unspecified atom stereocenters. The molecule has 0 bridgehead atoms. The zero-order valence-electron chi connectivity index (χ0n) is 11.7. The maximum absolute atomic E-state index is 5.24. The van der Waals surface area contributed by atoms with E-state index in [0.717, 1.165) is 24.5 Å². The first kappa shape index (κ1) is 15.8. The minimum atomic E-state index is 0. The first-order valence-electron chi connectivity index (χ1n) is 6.64. The van der Waals surface area contributed by atoms with E-state index in [1.165, 1.54) is 0 Å². The van der Waals surface area contributed by atoms with E-state index in [2.05, 4.69) is 25.8 Å². The largest absolute Gasteiger partial charge is 0.467 e. The predicted molar refractivity (Wildman–Crippen MR) is 87.4 cm³/mol. The van der Waals surface area contributed by atoms with Gasteiger partial charge in [0.05, 0.1) is 19.4 Å². The number of nitrogens with one attached hydrogen (secondary N) is 2. The molecule has 0 amide bonds. The fraction of sp³-hybridized carbons (Fsp3) is 0.462. The molecule has 2 heterocycles. The summed E-state index contributed by atoms with van der Waals surface area (Å²) in [6.07, 6.45) is 3.95. The number of furan rings is 1. The van der Waals surface area contributed by atoms with Gasteiger partial charge in [0.2, 0.25) is 5.89 Å². The standard InChI is InChI=1S/C13H17N5O2.HI/c1-14-13(15-7-10-3-2-6-19-10)16-8-11-17-12(20-18-11)9-4-5-9;/h2-3,6,9H,4-5,7-8H2,1H3,(H2,14,15,16);1H. The number of hydrogen-bond donors (Lipinski definition) is 2. The molecule has 1 fully saturated rings. The molecule has 8 heteroatoms. The molecule has 2 N–H and O–H groups in total. The van der Waals surface area contributed by atoms with Gasteiger partial charge in [0.15, 0.2) is 11.8 Å². The maximum atomic E-state index is 5.24. The monoisotopic (exact) mass is 403 g/mol. The fourth-order valence-electron chi connectivity index (χ4n) is 1.80. The lowest BCUT2D eigenvalue weighted by Gasteiger charge is -2.08. The average molecular weight is 403 g/mol. The quantitative estimate of drug-likeness (QED) is 0.451. The second kappa shape index (κ2) is 7.43. The van der Waals surface area contributed by atoms with Crippen molar-refractivity contribution >= 4 is 29.9 Å². The highest BCUT2D eigenvalue weighted by Gasteiger charge is 2.29. The van der Waals surface area contributed by atoms with Crippen molar-refractivity contribution in [3.63, 3.8) is 0 Å². The van der Waals surface area contributed by atoms with E-state index in [1.807, 2.05) is 12.1 Å². The van der Waals surface area contributed by atoms with Crippen molar-refractivity contribution in [2.75, 3.05) is 7.05 Å². The molecule has 2 aromatic rings. The highest BCUT2D eigenvalue weighted by molar-refractivity contribution is 14.0. The molecule has 0 spiro atoms. The zero-order chi connectivity index (χ0) is 13.8. The Balaban J connectivity index is 0.00000161. The Morgan fingerprint density at radius 2 is 2.19 bits per heavy atom.